The highest BCUT2D eigenvalue weighted by atomic mass is 16.5. The van der Waals surface area contributed by atoms with Gasteiger partial charge in [0, 0.05) is 39.9 Å². The Kier molecular flexibility index (Phi) is 6.57. The number of nitrogens with zero attached hydrogens (tertiary/aromatic N) is 2. The molecule has 0 atom stereocenters. The van der Waals surface area contributed by atoms with Gasteiger partial charge < -0.3 is 18.4 Å². The molecule has 2 aliphatic heterocycles. The summed E-state index contributed by atoms with van der Waals surface area (Å²) in [5.74, 6) is 0. The summed E-state index contributed by atoms with van der Waals surface area (Å²) in [5.41, 5.74) is 0. The molecule has 108 valence electrons. The number of ether oxygens (including phenoxy) is 2. The van der Waals surface area contributed by atoms with Crippen LogP contribution in [0.5, 0.6) is 0 Å². The summed E-state index contributed by atoms with van der Waals surface area (Å²) in [6.45, 7) is 6.98. The van der Waals surface area contributed by atoms with E-state index < -0.39 is 0 Å². The van der Waals surface area contributed by atoms with E-state index >= 15 is 0 Å². The molecule has 2 rings (SSSR count). The topological polar surface area (TPSA) is 18.5 Å². The van der Waals surface area contributed by atoms with Gasteiger partial charge in [-0.3, -0.25) is 0 Å². The zero-order valence-electron chi connectivity index (χ0n) is 12.8. The predicted octanol–water partition coefficient (Wildman–Crippen LogP) is 1.66. The number of rotatable bonds is 4. The van der Waals surface area contributed by atoms with Gasteiger partial charge in [-0.2, -0.15) is 0 Å². The van der Waals surface area contributed by atoms with Crippen LogP contribution in [0.4, 0.5) is 0 Å². The number of quaternary nitrogens is 2. The lowest BCUT2D eigenvalue weighted by Gasteiger charge is -2.27. The van der Waals surface area contributed by atoms with Gasteiger partial charge >= 0.3 is 0 Å². The summed E-state index contributed by atoms with van der Waals surface area (Å²) >= 11 is 0. The van der Waals surface area contributed by atoms with E-state index in [9.17, 15) is 0 Å². The van der Waals surface area contributed by atoms with Crippen LogP contribution in [-0.2, 0) is 9.47 Å². The molecule has 0 bridgehead atoms. The predicted molar refractivity (Wildman–Crippen MR) is 74.1 cm³/mol. The van der Waals surface area contributed by atoms with Crippen molar-refractivity contribution in [2.24, 2.45) is 0 Å². The van der Waals surface area contributed by atoms with E-state index in [0.29, 0.717) is 0 Å². The first-order chi connectivity index (χ1) is 8.54. The van der Waals surface area contributed by atoms with Gasteiger partial charge in [0.15, 0.2) is 13.5 Å². The van der Waals surface area contributed by atoms with Gasteiger partial charge in [0.25, 0.3) is 0 Å². The first-order valence-electron chi connectivity index (χ1n) is 7.19. The second-order valence-corrected chi connectivity index (χ2v) is 6.38. The maximum Gasteiger partial charge on any atom is 0.182 e. The quantitative estimate of drug-likeness (QED) is 0.716. The molecule has 18 heavy (non-hydrogen) atoms. The van der Waals surface area contributed by atoms with Crippen molar-refractivity contribution in [3.63, 3.8) is 0 Å². The Hall–Kier alpha value is -0.160. The van der Waals surface area contributed by atoms with Gasteiger partial charge in [-0.1, -0.05) is 0 Å². The van der Waals surface area contributed by atoms with Crippen LogP contribution in [0.1, 0.15) is 25.7 Å². The lowest BCUT2D eigenvalue weighted by Crippen LogP contribution is -2.42. The third-order valence-electron chi connectivity index (χ3n) is 4.17. The fourth-order valence-corrected chi connectivity index (χ4v) is 3.08. The van der Waals surface area contributed by atoms with Crippen molar-refractivity contribution < 1.29 is 18.4 Å². The van der Waals surface area contributed by atoms with Crippen LogP contribution in [0.2, 0.25) is 0 Å². The monoisotopic (exact) mass is 260 g/mol. The Morgan fingerprint density at radius 3 is 1.17 bits per heavy atom. The Morgan fingerprint density at radius 2 is 0.944 bits per heavy atom. The zero-order chi connectivity index (χ0) is 13.5. The first kappa shape index (κ1) is 15.9. The SMILES string of the molecule is COC[N+]1(C)CCCC1.COC[N+]1(C)CCCC1. The highest BCUT2D eigenvalue weighted by Crippen LogP contribution is 2.15. The molecule has 0 saturated carbocycles. The molecule has 0 N–H and O–H groups in total. The molecule has 2 aliphatic rings. The Balaban J connectivity index is 0.000000180. The molecular weight excluding hydrogens is 228 g/mol. The number of likely N-dealkylation sites (tertiary alicyclic amines) is 2. The molecule has 2 fully saturated rings. The summed E-state index contributed by atoms with van der Waals surface area (Å²) in [4.78, 5) is 0. The first-order valence-corrected chi connectivity index (χ1v) is 7.19. The van der Waals surface area contributed by atoms with Crippen LogP contribution in [0.25, 0.3) is 0 Å². The third kappa shape index (κ3) is 5.22. The molecule has 0 unspecified atom stereocenters. The van der Waals surface area contributed by atoms with Crippen LogP contribution in [0, 0.1) is 0 Å². The lowest BCUT2D eigenvalue weighted by atomic mass is 10.4. The standard InChI is InChI=1S/2C7H16NO/c2*1-8(7-9-2)5-3-4-6-8/h2*3-7H2,1-2H3/q2*+1. The average molecular weight is 260 g/mol. The van der Waals surface area contributed by atoms with Crippen LogP contribution in [-0.4, -0.2) is 76.9 Å². The molecule has 0 amide bonds. The molecule has 2 heterocycles. The molecule has 0 radical (unpaired) electrons. The number of hydrogen-bond donors (Lipinski definition) is 0. The maximum atomic E-state index is 5.10. The summed E-state index contributed by atoms with van der Waals surface area (Å²) in [5, 5.41) is 0. The smallest absolute Gasteiger partial charge is 0.182 e. The molecule has 0 aromatic rings. The van der Waals surface area contributed by atoms with Gasteiger partial charge in [0.1, 0.15) is 0 Å². The van der Waals surface area contributed by atoms with E-state index in [4.69, 9.17) is 9.47 Å². The largest absolute Gasteiger partial charge is 0.335 e. The van der Waals surface area contributed by atoms with Gasteiger partial charge in [-0.25, -0.2) is 0 Å². The van der Waals surface area contributed by atoms with Crippen molar-refractivity contribution in [1.82, 2.24) is 0 Å². The average Bonchev–Trinajstić information content (AvgIpc) is 2.90. The van der Waals surface area contributed by atoms with Crippen molar-refractivity contribution in [2.75, 3.05) is 68.0 Å². The van der Waals surface area contributed by atoms with Gasteiger partial charge in [0.2, 0.25) is 0 Å². The summed E-state index contributed by atoms with van der Waals surface area (Å²) in [6.07, 6.45) is 5.50. The Morgan fingerprint density at radius 1 is 0.667 bits per heavy atom. The van der Waals surface area contributed by atoms with Crippen LogP contribution in [0.3, 0.4) is 0 Å². The maximum absolute atomic E-state index is 5.10. The second kappa shape index (κ2) is 7.43. The minimum absolute atomic E-state index is 0.889. The fraction of sp³-hybridized carbons (Fsp3) is 1.00. The fourth-order valence-electron chi connectivity index (χ4n) is 3.08. The summed E-state index contributed by atoms with van der Waals surface area (Å²) in [6, 6.07) is 0. The zero-order valence-corrected chi connectivity index (χ0v) is 12.8. The minimum Gasteiger partial charge on any atom is -0.335 e. The summed E-state index contributed by atoms with van der Waals surface area (Å²) in [7, 11) is 8.08. The number of hydrogen-bond acceptors (Lipinski definition) is 2. The normalized spacial score (nSPS) is 24.7. The minimum atomic E-state index is 0.889. The highest BCUT2D eigenvalue weighted by Gasteiger charge is 2.26. The van der Waals surface area contributed by atoms with Crippen LogP contribution in [0.15, 0.2) is 0 Å². The molecular formula is C14H32N2O2+2. The Bertz CT molecular complexity index is 198. The Labute approximate surface area is 113 Å². The van der Waals surface area contributed by atoms with Gasteiger partial charge in [0.05, 0.1) is 40.3 Å². The van der Waals surface area contributed by atoms with E-state index in [0.717, 1.165) is 22.4 Å². The van der Waals surface area contributed by atoms with Gasteiger partial charge in [-0.15, -0.1) is 0 Å². The van der Waals surface area contributed by atoms with Crippen molar-refractivity contribution >= 4 is 0 Å². The third-order valence-corrected chi connectivity index (χ3v) is 4.17. The van der Waals surface area contributed by atoms with Crippen molar-refractivity contribution in [2.45, 2.75) is 25.7 Å². The van der Waals surface area contributed by atoms with E-state index in [1.165, 1.54) is 51.9 Å². The molecule has 0 aromatic carbocycles. The second-order valence-electron chi connectivity index (χ2n) is 6.38. The molecule has 0 aromatic heterocycles. The molecule has 0 aliphatic carbocycles. The van der Waals surface area contributed by atoms with E-state index in [1.807, 2.05) is 0 Å². The van der Waals surface area contributed by atoms with E-state index in [1.54, 1.807) is 14.2 Å². The number of methoxy groups -OCH3 is 2. The lowest BCUT2D eigenvalue weighted by molar-refractivity contribution is -0.916. The highest BCUT2D eigenvalue weighted by molar-refractivity contribution is 4.48. The van der Waals surface area contributed by atoms with Gasteiger partial charge in [-0.05, 0) is 0 Å². The molecule has 4 heteroatoms. The van der Waals surface area contributed by atoms with Crippen LogP contribution >= 0.6 is 0 Å². The van der Waals surface area contributed by atoms with Crippen molar-refractivity contribution in [3.05, 3.63) is 0 Å². The van der Waals surface area contributed by atoms with E-state index in [2.05, 4.69) is 14.1 Å². The van der Waals surface area contributed by atoms with Crippen molar-refractivity contribution in [1.29, 1.82) is 0 Å². The van der Waals surface area contributed by atoms with Crippen LogP contribution < -0.4 is 0 Å². The molecule has 0 spiro atoms. The molecule has 2 saturated heterocycles. The van der Waals surface area contributed by atoms with Crippen molar-refractivity contribution in [3.8, 4) is 0 Å². The van der Waals surface area contributed by atoms with E-state index in [-0.39, 0.29) is 0 Å². The summed E-state index contributed by atoms with van der Waals surface area (Å²) < 4.78 is 12.4. The molecule has 4 nitrogen and oxygen atoms in total.